The number of hydrogen-bond acceptors (Lipinski definition) is 4. The molecule has 0 amide bonds. The van der Waals surface area contributed by atoms with Gasteiger partial charge in [-0.2, -0.15) is 5.10 Å². The van der Waals surface area contributed by atoms with Gasteiger partial charge in [-0.05, 0) is 18.2 Å². The van der Waals surface area contributed by atoms with Gasteiger partial charge in [-0.25, -0.2) is 4.98 Å². The lowest BCUT2D eigenvalue weighted by Gasteiger charge is -2.00. The van der Waals surface area contributed by atoms with Crippen LogP contribution in [0.5, 0.6) is 0 Å². The first kappa shape index (κ1) is 14.1. The highest BCUT2D eigenvalue weighted by Gasteiger charge is 2.13. The molecule has 4 aromatic rings. The van der Waals surface area contributed by atoms with Crippen LogP contribution in [0.15, 0.2) is 58.7 Å². The van der Waals surface area contributed by atoms with Crippen molar-refractivity contribution in [3.8, 4) is 22.0 Å². The smallest absolute Gasteiger partial charge is 0.217 e. The molecule has 0 bridgehead atoms. The van der Waals surface area contributed by atoms with E-state index in [2.05, 4.69) is 15.2 Å². The molecule has 6 heteroatoms. The summed E-state index contributed by atoms with van der Waals surface area (Å²) >= 11 is 7.47. The second-order valence-electron chi connectivity index (χ2n) is 5.00. The Labute approximate surface area is 140 Å². The quantitative estimate of drug-likeness (QED) is 0.590. The third kappa shape index (κ3) is 2.54. The van der Waals surface area contributed by atoms with Gasteiger partial charge in [0.2, 0.25) is 5.43 Å². The van der Waals surface area contributed by atoms with Crippen LogP contribution >= 0.6 is 22.9 Å². The van der Waals surface area contributed by atoms with Crippen molar-refractivity contribution >= 4 is 33.8 Å². The molecular formula is C17H10ClN3OS. The van der Waals surface area contributed by atoms with Crippen molar-refractivity contribution in [2.75, 3.05) is 0 Å². The first-order chi connectivity index (χ1) is 11.2. The summed E-state index contributed by atoms with van der Waals surface area (Å²) < 4.78 is 0. The van der Waals surface area contributed by atoms with Crippen molar-refractivity contribution < 1.29 is 0 Å². The van der Waals surface area contributed by atoms with Gasteiger partial charge in [-0.1, -0.05) is 41.9 Å². The van der Waals surface area contributed by atoms with Crippen molar-refractivity contribution in [2.45, 2.75) is 0 Å². The normalized spacial score (nSPS) is 11.0. The largest absolute Gasteiger partial charge is 0.287 e. The van der Waals surface area contributed by atoms with Crippen molar-refractivity contribution in [3.05, 3.63) is 69.2 Å². The second kappa shape index (κ2) is 5.61. The van der Waals surface area contributed by atoms with Crippen LogP contribution in [0.2, 0.25) is 5.02 Å². The molecule has 0 aliphatic rings. The zero-order chi connectivity index (χ0) is 15.8. The summed E-state index contributed by atoms with van der Waals surface area (Å²) in [6.07, 6.45) is 0. The fourth-order valence-corrected chi connectivity index (χ4v) is 3.35. The summed E-state index contributed by atoms with van der Waals surface area (Å²) in [4.78, 5) is 17.2. The number of rotatable bonds is 2. The highest BCUT2D eigenvalue weighted by Crippen LogP contribution is 2.27. The molecule has 4 rings (SSSR count). The molecule has 0 unspecified atom stereocenters. The van der Waals surface area contributed by atoms with E-state index in [9.17, 15) is 4.79 Å². The van der Waals surface area contributed by atoms with Gasteiger partial charge in [-0.3, -0.25) is 9.89 Å². The Morgan fingerprint density at radius 2 is 1.91 bits per heavy atom. The lowest BCUT2D eigenvalue weighted by Crippen LogP contribution is -2.09. The number of thiazole rings is 1. The maximum absolute atomic E-state index is 12.7. The van der Waals surface area contributed by atoms with Crippen molar-refractivity contribution in [1.29, 1.82) is 0 Å². The molecule has 2 heterocycles. The lowest BCUT2D eigenvalue weighted by atomic mass is 10.2. The van der Waals surface area contributed by atoms with E-state index in [-0.39, 0.29) is 5.43 Å². The molecule has 112 valence electrons. The molecule has 4 nitrogen and oxygen atoms in total. The summed E-state index contributed by atoms with van der Waals surface area (Å²) in [5, 5.41) is 10.8. The molecule has 0 aliphatic carbocycles. The van der Waals surface area contributed by atoms with Gasteiger partial charge in [0.1, 0.15) is 10.7 Å². The average Bonchev–Trinajstić information content (AvgIpc) is 3.06. The van der Waals surface area contributed by atoms with E-state index in [0.717, 1.165) is 10.6 Å². The zero-order valence-corrected chi connectivity index (χ0v) is 13.4. The molecule has 0 atom stereocenters. The predicted octanol–water partition coefficient (Wildman–Crippen LogP) is 4.37. The van der Waals surface area contributed by atoms with E-state index < -0.39 is 0 Å². The molecule has 0 fully saturated rings. The van der Waals surface area contributed by atoms with Crippen molar-refractivity contribution in [1.82, 2.24) is 15.2 Å². The number of nitrogens with one attached hydrogen (secondary N) is 1. The van der Waals surface area contributed by atoms with E-state index in [4.69, 9.17) is 11.6 Å². The van der Waals surface area contributed by atoms with E-state index in [1.165, 1.54) is 11.3 Å². The molecule has 2 aromatic heterocycles. The maximum atomic E-state index is 12.7. The van der Waals surface area contributed by atoms with E-state index >= 15 is 0 Å². The SMILES string of the molecule is O=c1c(-c2csc(-c3ccccc3)n2)n[nH]c2ccc(Cl)cc12. The fourth-order valence-electron chi connectivity index (χ4n) is 2.37. The second-order valence-corrected chi connectivity index (χ2v) is 6.29. The average molecular weight is 340 g/mol. The van der Waals surface area contributed by atoms with Crippen LogP contribution in [0.1, 0.15) is 0 Å². The standard InChI is InChI=1S/C17H10ClN3OS/c18-11-6-7-13-12(8-11)16(22)15(21-20-13)14-9-23-17(19-14)10-4-2-1-3-5-10/h1-9H,(H,20,22). The van der Waals surface area contributed by atoms with Crippen LogP contribution in [-0.2, 0) is 0 Å². The summed E-state index contributed by atoms with van der Waals surface area (Å²) in [7, 11) is 0. The summed E-state index contributed by atoms with van der Waals surface area (Å²) in [6, 6.07) is 15.0. The highest BCUT2D eigenvalue weighted by molar-refractivity contribution is 7.13. The Morgan fingerprint density at radius 1 is 1.09 bits per heavy atom. The maximum Gasteiger partial charge on any atom is 0.217 e. The molecule has 0 saturated heterocycles. The minimum Gasteiger partial charge on any atom is -0.287 e. The lowest BCUT2D eigenvalue weighted by molar-refractivity contribution is 1.06. The predicted molar refractivity (Wildman–Crippen MR) is 93.9 cm³/mol. The first-order valence-corrected chi connectivity index (χ1v) is 8.17. The Balaban J connectivity index is 1.86. The van der Waals surface area contributed by atoms with Gasteiger partial charge in [0.25, 0.3) is 0 Å². The topological polar surface area (TPSA) is 58.6 Å². The van der Waals surface area contributed by atoms with Gasteiger partial charge in [0.05, 0.1) is 10.9 Å². The molecule has 23 heavy (non-hydrogen) atoms. The van der Waals surface area contributed by atoms with Gasteiger partial charge >= 0.3 is 0 Å². The Morgan fingerprint density at radius 3 is 2.74 bits per heavy atom. The van der Waals surface area contributed by atoms with Gasteiger partial charge in [0, 0.05) is 16.0 Å². The van der Waals surface area contributed by atoms with Gasteiger partial charge in [0.15, 0.2) is 5.69 Å². The Hall–Kier alpha value is -2.50. The molecular weight excluding hydrogens is 330 g/mol. The molecule has 0 aliphatic heterocycles. The number of halogens is 1. The Kier molecular flexibility index (Phi) is 3.44. The third-order valence-electron chi connectivity index (χ3n) is 3.50. The molecule has 1 N–H and O–H groups in total. The van der Waals surface area contributed by atoms with Gasteiger partial charge < -0.3 is 0 Å². The summed E-state index contributed by atoms with van der Waals surface area (Å²) in [5.41, 5.74) is 2.37. The molecule has 0 saturated carbocycles. The number of benzene rings is 2. The number of aromatic amines is 1. The summed E-state index contributed by atoms with van der Waals surface area (Å²) in [6.45, 7) is 0. The van der Waals surface area contributed by atoms with Crippen LogP contribution in [0, 0.1) is 0 Å². The number of fused-ring (bicyclic) bond motifs is 1. The van der Waals surface area contributed by atoms with Crippen LogP contribution < -0.4 is 5.43 Å². The Bertz CT molecular complexity index is 1060. The van der Waals surface area contributed by atoms with E-state index in [1.54, 1.807) is 18.2 Å². The van der Waals surface area contributed by atoms with Crippen LogP contribution in [-0.4, -0.2) is 15.2 Å². The number of hydrogen-bond donors (Lipinski definition) is 1. The molecule has 0 radical (unpaired) electrons. The van der Waals surface area contributed by atoms with Crippen LogP contribution in [0.25, 0.3) is 32.9 Å². The third-order valence-corrected chi connectivity index (χ3v) is 4.62. The van der Waals surface area contributed by atoms with Crippen molar-refractivity contribution in [3.63, 3.8) is 0 Å². The van der Waals surface area contributed by atoms with Crippen molar-refractivity contribution in [2.24, 2.45) is 0 Å². The monoisotopic (exact) mass is 339 g/mol. The van der Waals surface area contributed by atoms with E-state index in [0.29, 0.717) is 27.3 Å². The van der Waals surface area contributed by atoms with Crippen LogP contribution in [0.4, 0.5) is 0 Å². The molecule has 0 spiro atoms. The number of H-pyrrole nitrogens is 1. The minimum atomic E-state index is -0.175. The van der Waals surface area contributed by atoms with Crippen LogP contribution in [0.3, 0.4) is 0 Å². The first-order valence-electron chi connectivity index (χ1n) is 6.91. The van der Waals surface area contributed by atoms with E-state index in [1.807, 2.05) is 35.7 Å². The summed E-state index contributed by atoms with van der Waals surface area (Å²) in [5.74, 6) is 0. The fraction of sp³-hybridized carbons (Fsp3) is 0. The molecule has 2 aromatic carbocycles. The highest BCUT2D eigenvalue weighted by atomic mass is 35.5. The minimum absolute atomic E-state index is 0.175. The number of aromatic nitrogens is 3. The van der Waals surface area contributed by atoms with Gasteiger partial charge in [-0.15, -0.1) is 11.3 Å². The number of nitrogens with zero attached hydrogens (tertiary/aromatic N) is 2. The zero-order valence-electron chi connectivity index (χ0n) is 11.8.